The number of carboxylic acid groups (broad SMARTS) is 1. The number of piperidine rings is 1. The summed E-state index contributed by atoms with van der Waals surface area (Å²) in [4.78, 5) is 24.7. The van der Waals surface area contributed by atoms with Crippen molar-refractivity contribution < 1.29 is 47.9 Å². The molecule has 28 heavy (non-hydrogen) atoms. The summed E-state index contributed by atoms with van der Waals surface area (Å²) in [5.74, 6) is -3.77. The zero-order valence-corrected chi connectivity index (χ0v) is 14.0. The molecule has 1 saturated carbocycles. The average Bonchev–Trinajstić information content (AvgIpc) is 2.94. The lowest BCUT2D eigenvalue weighted by Crippen LogP contribution is -2.38. The molecule has 3 N–H and O–H groups in total. The van der Waals surface area contributed by atoms with E-state index in [1.807, 2.05) is 0 Å². The Hall–Kier alpha value is -2.37. The topological polar surface area (TPSA) is 91.3 Å². The first-order valence-electron chi connectivity index (χ1n) is 10.1. The second-order valence-corrected chi connectivity index (χ2v) is 6.12. The number of carboxylic acids is 1. The summed E-state index contributed by atoms with van der Waals surface area (Å²) in [7, 11) is 0. The number of hydrogen-bond donors (Lipinski definition) is 3. The van der Waals surface area contributed by atoms with Gasteiger partial charge < -0.3 is 15.7 Å². The van der Waals surface area contributed by atoms with Crippen molar-refractivity contribution in [2.45, 2.75) is 51.0 Å². The van der Waals surface area contributed by atoms with Gasteiger partial charge in [-0.2, -0.15) is 26.3 Å². The number of rotatable bonds is 2. The maximum Gasteiger partial charge on any atom is 0.490 e. The van der Waals surface area contributed by atoms with Crippen LogP contribution in [0.4, 0.5) is 32.2 Å². The number of anilines is 1. The van der Waals surface area contributed by atoms with E-state index in [2.05, 4.69) is 15.6 Å². The average molecular weight is 418 g/mol. The van der Waals surface area contributed by atoms with Crippen molar-refractivity contribution in [3.63, 3.8) is 0 Å². The number of fused-ring (bicyclic) bond motifs is 1. The number of nitrogens with one attached hydrogen (secondary N) is 2. The molecule has 3 atom stereocenters. The van der Waals surface area contributed by atoms with Crippen LogP contribution in [0.15, 0.2) is 12.1 Å². The maximum atomic E-state index is 12.8. The molecule has 1 amide bonds. The molecule has 12 heteroatoms. The first kappa shape index (κ1) is 15.5. The third kappa shape index (κ3) is 5.12. The van der Waals surface area contributed by atoms with Crippen molar-refractivity contribution in [1.29, 1.82) is 0 Å². The van der Waals surface area contributed by atoms with E-state index in [0.717, 1.165) is 6.07 Å². The SMILES string of the molecule is O=C(O)C(F)(F)F.[2H]C([2H])([2H])[C@@]12C[C@@H](C(=O)Nc3nc(C(F)(F)F)ccc3C)N[C@@H]1C2([2H])[2H]. The molecule has 2 fully saturated rings. The van der Waals surface area contributed by atoms with Crippen molar-refractivity contribution >= 4 is 17.7 Å². The van der Waals surface area contributed by atoms with E-state index in [4.69, 9.17) is 16.8 Å². The molecule has 1 aliphatic heterocycles. The van der Waals surface area contributed by atoms with Crippen LogP contribution in [0, 0.1) is 12.3 Å². The minimum Gasteiger partial charge on any atom is -0.475 e. The smallest absolute Gasteiger partial charge is 0.475 e. The summed E-state index contributed by atoms with van der Waals surface area (Å²) in [6, 6.07) is -0.0616. The monoisotopic (exact) mass is 418 g/mol. The van der Waals surface area contributed by atoms with Crippen LogP contribution in [0.2, 0.25) is 0 Å². The number of hydrogen-bond acceptors (Lipinski definition) is 4. The summed E-state index contributed by atoms with van der Waals surface area (Å²) in [6.45, 7) is -1.13. The summed E-state index contributed by atoms with van der Waals surface area (Å²) in [6.07, 6.45) is -12.0. The summed E-state index contributed by atoms with van der Waals surface area (Å²) in [5, 5.41) is 12.1. The molecule has 0 unspecified atom stereocenters. The van der Waals surface area contributed by atoms with Gasteiger partial charge in [0, 0.05) is 12.9 Å². The molecule has 0 spiro atoms. The molecule has 2 aliphatic rings. The predicted molar refractivity (Wildman–Crippen MR) is 84.3 cm³/mol. The fourth-order valence-corrected chi connectivity index (χ4v) is 2.34. The van der Waals surface area contributed by atoms with Crippen molar-refractivity contribution in [2.24, 2.45) is 5.41 Å². The molecule has 0 radical (unpaired) electrons. The van der Waals surface area contributed by atoms with Gasteiger partial charge in [-0.15, -0.1) is 0 Å². The number of aromatic nitrogens is 1. The lowest BCUT2D eigenvalue weighted by molar-refractivity contribution is -0.192. The van der Waals surface area contributed by atoms with Crippen LogP contribution in [-0.2, 0) is 15.8 Å². The second-order valence-electron chi connectivity index (χ2n) is 6.12. The number of halogens is 6. The van der Waals surface area contributed by atoms with Gasteiger partial charge in [-0.05, 0) is 36.8 Å². The Labute approximate surface area is 162 Å². The van der Waals surface area contributed by atoms with Gasteiger partial charge in [0.2, 0.25) is 5.91 Å². The molecule has 1 aromatic rings. The summed E-state index contributed by atoms with van der Waals surface area (Å²) in [5.41, 5.74) is -2.51. The molecule has 1 aromatic heterocycles. The largest absolute Gasteiger partial charge is 0.490 e. The van der Waals surface area contributed by atoms with Crippen LogP contribution >= 0.6 is 0 Å². The molecular formula is C16H17F6N3O3. The van der Waals surface area contributed by atoms with Crippen molar-refractivity contribution in [3.8, 4) is 0 Å². The highest BCUT2D eigenvalue weighted by Crippen LogP contribution is 2.53. The Morgan fingerprint density at radius 1 is 1.36 bits per heavy atom. The highest BCUT2D eigenvalue weighted by molar-refractivity contribution is 5.95. The number of carbonyl (C=O) groups is 2. The molecule has 1 aliphatic carbocycles. The molecule has 6 nitrogen and oxygen atoms in total. The number of nitrogens with zero attached hydrogens (tertiary/aromatic N) is 1. The predicted octanol–water partition coefficient (Wildman–Crippen LogP) is 3.12. The van der Waals surface area contributed by atoms with E-state index >= 15 is 0 Å². The zero-order valence-electron chi connectivity index (χ0n) is 19.0. The Morgan fingerprint density at radius 3 is 2.43 bits per heavy atom. The Bertz CT molecular complexity index is 941. The normalized spacial score (nSPS) is 30.9. The first-order valence-corrected chi connectivity index (χ1v) is 7.58. The van der Waals surface area contributed by atoms with Crippen LogP contribution in [0.25, 0.3) is 0 Å². The van der Waals surface area contributed by atoms with E-state index in [-0.39, 0.29) is 12.2 Å². The number of aryl methyl sites for hydroxylation is 1. The van der Waals surface area contributed by atoms with E-state index < -0.39 is 60.6 Å². The lowest BCUT2D eigenvalue weighted by atomic mass is 10.0. The van der Waals surface area contributed by atoms with E-state index in [9.17, 15) is 31.1 Å². The molecule has 0 bridgehead atoms. The highest BCUT2D eigenvalue weighted by atomic mass is 19.4. The fourth-order valence-electron chi connectivity index (χ4n) is 2.34. The van der Waals surface area contributed by atoms with E-state index in [0.29, 0.717) is 5.56 Å². The van der Waals surface area contributed by atoms with Crippen LogP contribution in [0.1, 0.15) is 37.8 Å². The molecule has 156 valence electrons. The van der Waals surface area contributed by atoms with Crippen LogP contribution in [0.3, 0.4) is 0 Å². The number of pyridine rings is 1. The second kappa shape index (κ2) is 7.22. The summed E-state index contributed by atoms with van der Waals surface area (Å²) >= 11 is 0. The third-order valence-electron chi connectivity index (χ3n) is 3.89. The van der Waals surface area contributed by atoms with Crippen LogP contribution < -0.4 is 10.6 Å². The third-order valence-corrected chi connectivity index (χ3v) is 3.89. The van der Waals surface area contributed by atoms with Crippen LogP contribution in [0.5, 0.6) is 0 Å². The van der Waals surface area contributed by atoms with Gasteiger partial charge in [0.1, 0.15) is 11.5 Å². The molecule has 0 aromatic carbocycles. The van der Waals surface area contributed by atoms with Crippen LogP contribution in [-0.4, -0.2) is 40.2 Å². The van der Waals surface area contributed by atoms with E-state index in [1.54, 1.807) is 0 Å². The lowest BCUT2D eigenvalue weighted by Gasteiger charge is -2.16. The molecule has 3 rings (SSSR count). The van der Waals surface area contributed by atoms with Crippen molar-refractivity contribution in [3.05, 3.63) is 23.4 Å². The standard InChI is InChI=1S/C14H16F3N3O.C2HF3O2/c1-7-3-4-9(14(15,16)17)19-11(7)20-12(21)8-5-13(2)6-10(13)18-8;3-2(4,5)1(6)7/h3-4,8,10,18H,5-6H2,1-2H3,(H,19,20,21);(H,6,7)/t8-,10+,13-;/m0./s1/i2D3,6D2;. The quantitative estimate of drug-likeness (QED) is 0.642. The van der Waals surface area contributed by atoms with Crippen molar-refractivity contribution in [2.75, 3.05) is 5.32 Å². The van der Waals surface area contributed by atoms with E-state index in [1.165, 1.54) is 13.0 Å². The van der Waals surface area contributed by atoms with Gasteiger partial charge in [0.05, 0.1) is 6.04 Å². The number of carbonyl (C=O) groups excluding carboxylic acids is 1. The minimum absolute atomic E-state index is 0.266. The number of alkyl halides is 6. The minimum atomic E-state index is -5.08. The Kier molecular flexibility index (Phi) is 4.01. The first-order chi connectivity index (χ1) is 14.7. The number of amides is 1. The van der Waals surface area contributed by atoms with Gasteiger partial charge >= 0.3 is 18.3 Å². The summed E-state index contributed by atoms with van der Waals surface area (Å²) < 4.78 is 108. The Morgan fingerprint density at radius 2 is 1.96 bits per heavy atom. The number of aliphatic carboxylic acids is 1. The maximum absolute atomic E-state index is 12.8. The molecule has 1 saturated heterocycles. The molecular weight excluding hydrogens is 396 g/mol. The van der Waals surface area contributed by atoms with Gasteiger partial charge in [0.15, 0.2) is 0 Å². The van der Waals surface area contributed by atoms with Crippen molar-refractivity contribution in [1.82, 2.24) is 10.3 Å². The zero-order chi connectivity index (χ0) is 25.8. The van der Waals surface area contributed by atoms with Gasteiger partial charge in [-0.25, -0.2) is 9.78 Å². The Balaban J connectivity index is 0.000000479. The van der Waals surface area contributed by atoms with Gasteiger partial charge in [0.25, 0.3) is 0 Å². The fraction of sp³-hybridized carbons (Fsp3) is 0.562. The van der Waals surface area contributed by atoms with Gasteiger partial charge in [-0.3, -0.25) is 4.79 Å². The molecule has 2 heterocycles. The van der Waals surface area contributed by atoms with Gasteiger partial charge in [-0.1, -0.05) is 12.9 Å². The highest BCUT2D eigenvalue weighted by Gasteiger charge is 2.58.